The number of hydrogen-bond donors (Lipinski definition) is 1. The van der Waals surface area contributed by atoms with Crippen molar-refractivity contribution in [1.29, 1.82) is 0 Å². The maximum atomic E-state index is 4.59. The van der Waals surface area contributed by atoms with Crippen LogP contribution in [0.4, 0.5) is 0 Å². The quantitative estimate of drug-likeness (QED) is 0.929. The summed E-state index contributed by atoms with van der Waals surface area (Å²) in [6.07, 6.45) is 9.14. The molecule has 1 aliphatic heterocycles. The summed E-state index contributed by atoms with van der Waals surface area (Å²) in [4.78, 5) is 2.69. The minimum Gasteiger partial charge on any atom is -0.309 e. The fourth-order valence-corrected chi connectivity index (χ4v) is 4.10. The monoisotopic (exact) mass is 290 g/mol. The van der Waals surface area contributed by atoms with Gasteiger partial charge in [-0.2, -0.15) is 5.10 Å². The summed E-state index contributed by atoms with van der Waals surface area (Å²) >= 11 is 0. The van der Waals surface area contributed by atoms with E-state index in [1.807, 2.05) is 11.7 Å². The molecule has 2 aliphatic rings. The van der Waals surface area contributed by atoms with Crippen molar-refractivity contribution in [2.45, 2.75) is 64.1 Å². The van der Waals surface area contributed by atoms with Crippen molar-refractivity contribution in [2.75, 3.05) is 13.1 Å². The van der Waals surface area contributed by atoms with Gasteiger partial charge in [0, 0.05) is 44.5 Å². The maximum Gasteiger partial charge on any atom is 0.0764 e. The third-order valence-electron chi connectivity index (χ3n) is 5.19. The van der Waals surface area contributed by atoms with Crippen LogP contribution in [-0.4, -0.2) is 39.4 Å². The summed E-state index contributed by atoms with van der Waals surface area (Å²) in [6, 6.07) is 2.84. The Bertz CT molecular complexity index is 459. The lowest BCUT2D eigenvalue weighted by Crippen LogP contribution is -2.63. The summed E-state index contributed by atoms with van der Waals surface area (Å²) in [5.74, 6) is 0.867. The number of aryl methyl sites for hydroxylation is 1. The zero-order chi connectivity index (χ0) is 14.9. The fraction of sp³-hybridized carbons (Fsp3) is 0.824. The molecule has 0 bridgehead atoms. The molecule has 1 atom stereocenters. The fourth-order valence-electron chi connectivity index (χ4n) is 4.10. The van der Waals surface area contributed by atoms with Gasteiger partial charge in [-0.25, -0.2) is 0 Å². The second kappa shape index (κ2) is 6.09. The first-order valence-electron chi connectivity index (χ1n) is 8.51. The molecule has 118 valence electrons. The van der Waals surface area contributed by atoms with Gasteiger partial charge in [-0.15, -0.1) is 0 Å². The van der Waals surface area contributed by atoms with Gasteiger partial charge in [0.2, 0.25) is 0 Å². The van der Waals surface area contributed by atoms with E-state index >= 15 is 0 Å². The standard InChI is InChI=1S/C17H30N4/c1-17(2)13-21(12-15-9-10-20(3)19-15)16(11-18-17)14-7-5-4-6-8-14/h9-10,14,16,18H,4-8,11-13H2,1-3H3. The van der Waals surface area contributed by atoms with Gasteiger partial charge < -0.3 is 5.32 Å². The summed E-state index contributed by atoms with van der Waals surface area (Å²) in [7, 11) is 2.00. The molecule has 3 rings (SSSR count). The highest BCUT2D eigenvalue weighted by Gasteiger charge is 2.37. The largest absolute Gasteiger partial charge is 0.309 e. The highest BCUT2D eigenvalue weighted by molar-refractivity contribution is 5.02. The predicted molar refractivity (Wildman–Crippen MR) is 86.1 cm³/mol. The Morgan fingerprint density at radius 3 is 2.71 bits per heavy atom. The lowest BCUT2D eigenvalue weighted by atomic mass is 9.81. The van der Waals surface area contributed by atoms with E-state index in [4.69, 9.17) is 0 Å². The molecule has 4 nitrogen and oxygen atoms in total. The van der Waals surface area contributed by atoms with Gasteiger partial charge in [0.05, 0.1) is 5.69 Å². The van der Waals surface area contributed by atoms with Crippen LogP contribution >= 0.6 is 0 Å². The summed E-state index contributed by atoms with van der Waals surface area (Å²) in [6.45, 7) is 7.87. The molecule has 1 N–H and O–H groups in total. The van der Waals surface area contributed by atoms with E-state index in [0.717, 1.165) is 25.6 Å². The minimum atomic E-state index is 0.208. The minimum absolute atomic E-state index is 0.208. The van der Waals surface area contributed by atoms with Crippen molar-refractivity contribution in [2.24, 2.45) is 13.0 Å². The van der Waals surface area contributed by atoms with Crippen molar-refractivity contribution in [1.82, 2.24) is 20.0 Å². The molecular weight excluding hydrogens is 260 g/mol. The van der Waals surface area contributed by atoms with Crippen LogP contribution in [0.15, 0.2) is 12.3 Å². The Hall–Kier alpha value is -0.870. The van der Waals surface area contributed by atoms with Gasteiger partial charge >= 0.3 is 0 Å². The van der Waals surface area contributed by atoms with Gasteiger partial charge in [-0.3, -0.25) is 9.58 Å². The van der Waals surface area contributed by atoms with Gasteiger partial charge in [-0.1, -0.05) is 19.3 Å². The van der Waals surface area contributed by atoms with Crippen LogP contribution in [0.5, 0.6) is 0 Å². The van der Waals surface area contributed by atoms with Crippen molar-refractivity contribution in [3.05, 3.63) is 18.0 Å². The normalized spacial score (nSPS) is 27.9. The molecule has 21 heavy (non-hydrogen) atoms. The van der Waals surface area contributed by atoms with Crippen molar-refractivity contribution in [3.63, 3.8) is 0 Å². The van der Waals surface area contributed by atoms with Crippen molar-refractivity contribution >= 4 is 0 Å². The Morgan fingerprint density at radius 1 is 1.29 bits per heavy atom. The average Bonchev–Trinajstić information content (AvgIpc) is 2.84. The number of nitrogens with one attached hydrogen (secondary N) is 1. The first kappa shape index (κ1) is 15.0. The molecule has 4 heteroatoms. The second-order valence-electron chi connectivity index (χ2n) is 7.62. The number of rotatable bonds is 3. The summed E-state index contributed by atoms with van der Waals surface area (Å²) in [5.41, 5.74) is 1.41. The van der Waals surface area contributed by atoms with Crippen LogP contribution in [0.2, 0.25) is 0 Å². The Kier molecular flexibility index (Phi) is 4.36. The van der Waals surface area contributed by atoms with Gasteiger partial charge in [0.25, 0.3) is 0 Å². The van der Waals surface area contributed by atoms with Crippen molar-refractivity contribution < 1.29 is 0 Å². The molecule has 2 heterocycles. The molecular formula is C17H30N4. The SMILES string of the molecule is Cn1ccc(CN2CC(C)(C)NCC2C2CCCCC2)n1. The zero-order valence-corrected chi connectivity index (χ0v) is 13.8. The zero-order valence-electron chi connectivity index (χ0n) is 13.8. The molecule has 2 fully saturated rings. The van der Waals surface area contributed by atoms with E-state index in [9.17, 15) is 0 Å². The number of aromatic nitrogens is 2. The first-order valence-corrected chi connectivity index (χ1v) is 8.51. The smallest absolute Gasteiger partial charge is 0.0764 e. The van der Waals surface area contributed by atoms with Crippen LogP contribution in [0, 0.1) is 5.92 Å². The van der Waals surface area contributed by atoms with E-state index in [2.05, 4.69) is 41.4 Å². The van der Waals surface area contributed by atoms with Crippen molar-refractivity contribution in [3.8, 4) is 0 Å². The molecule has 1 aromatic rings. The highest BCUT2D eigenvalue weighted by atomic mass is 15.3. The highest BCUT2D eigenvalue weighted by Crippen LogP contribution is 2.32. The third-order valence-corrected chi connectivity index (χ3v) is 5.19. The summed E-state index contributed by atoms with van der Waals surface area (Å²) < 4.78 is 1.91. The maximum absolute atomic E-state index is 4.59. The Balaban J connectivity index is 1.73. The van der Waals surface area contributed by atoms with Crippen LogP contribution in [0.3, 0.4) is 0 Å². The molecule has 1 saturated carbocycles. The second-order valence-corrected chi connectivity index (χ2v) is 7.62. The molecule has 1 saturated heterocycles. The first-order chi connectivity index (χ1) is 10.0. The molecule has 1 aliphatic carbocycles. The Labute approximate surface area is 128 Å². The topological polar surface area (TPSA) is 33.1 Å². The average molecular weight is 290 g/mol. The lowest BCUT2D eigenvalue weighted by molar-refractivity contribution is 0.0409. The van der Waals surface area contributed by atoms with Gasteiger partial charge in [0.1, 0.15) is 0 Å². The molecule has 0 radical (unpaired) electrons. The predicted octanol–water partition coefficient (Wildman–Crippen LogP) is 2.55. The third kappa shape index (κ3) is 3.67. The van der Waals surface area contributed by atoms with E-state index in [0.29, 0.717) is 6.04 Å². The number of nitrogens with zero attached hydrogens (tertiary/aromatic N) is 3. The van der Waals surface area contributed by atoms with E-state index in [-0.39, 0.29) is 5.54 Å². The van der Waals surface area contributed by atoms with Gasteiger partial charge in [0.15, 0.2) is 0 Å². The van der Waals surface area contributed by atoms with E-state index < -0.39 is 0 Å². The molecule has 0 aromatic carbocycles. The Morgan fingerprint density at radius 2 is 2.05 bits per heavy atom. The summed E-state index contributed by atoms with van der Waals surface area (Å²) in [5, 5.41) is 8.35. The lowest BCUT2D eigenvalue weighted by Gasteiger charge is -2.48. The van der Waals surface area contributed by atoms with Crippen LogP contribution in [0.25, 0.3) is 0 Å². The molecule has 1 aromatic heterocycles. The van der Waals surface area contributed by atoms with Crippen LogP contribution in [-0.2, 0) is 13.6 Å². The van der Waals surface area contributed by atoms with Crippen LogP contribution < -0.4 is 5.32 Å². The van der Waals surface area contributed by atoms with E-state index in [1.165, 1.54) is 37.8 Å². The molecule has 0 amide bonds. The van der Waals surface area contributed by atoms with E-state index in [1.54, 1.807) is 0 Å². The number of piperazine rings is 1. The molecule has 1 unspecified atom stereocenters. The number of hydrogen-bond acceptors (Lipinski definition) is 3. The van der Waals surface area contributed by atoms with Crippen LogP contribution in [0.1, 0.15) is 51.6 Å². The van der Waals surface area contributed by atoms with Gasteiger partial charge in [-0.05, 0) is 38.7 Å². The molecule has 0 spiro atoms.